The van der Waals surface area contributed by atoms with E-state index in [4.69, 9.17) is 0 Å². The molecule has 0 saturated carbocycles. The smallest absolute Gasteiger partial charge is 0.102 e. The molecule has 0 aromatic heterocycles. The quantitative estimate of drug-likeness (QED) is 0.788. The third-order valence-corrected chi connectivity index (χ3v) is 3.34. The van der Waals surface area contributed by atoms with Crippen LogP contribution < -0.4 is 5.32 Å². The van der Waals surface area contributed by atoms with Crippen LogP contribution in [0.15, 0.2) is 28.7 Å². The van der Waals surface area contributed by atoms with Gasteiger partial charge >= 0.3 is 0 Å². The number of halogens is 1. The SMILES string of the molecule is CCCNCC(O)(CC)c1ccc(Br)cc1. The van der Waals surface area contributed by atoms with Crippen LogP contribution in [0.1, 0.15) is 32.3 Å². The Bertz CT molecular complexity index is 312. The first-order valence-corrected chi connectivity index (χ1v) is 6.61. The lowest BCUT2D eigenvalue weighted by Gasteiger charge is -2.27. The fourth-order valence-electron chi connectivity index (χ4n) is 1.66. The maximum absolute atomic E-state index is 10.5. The van der Waals surface area contributed by atoms with E-state index in [-0.39, 0.29) is 0 Å². The number of aliphatic hydroxyl groups is 1. The van der Waals surface area contributed by atoms with Gasteiger partial charge in [-0.15, -0.1) is 0 Å². The van der Waals surface area contributed by atoms with Crippen molar-refractivity contribution in [3.8, 4) is 0 Å². The molecule has 1 aromatic carbocycles. The van der Waals surface area contributed by atoms with E-state index in [9.17, 15) is 5.11 Å². The highest BCUT2D eigenvalue weighted by molar-refractivity contribution is 9.10. The monoisotopic (exact) mass is 285 g/mol. The van der Waals surface area contributed by atoms with Gasteiger partial charge in [0.1, 0.15) is 5.60 Å². The lowest BCUT2D eigenvalue weighted by molar-refractivity contribution is 0.0329. The van der Waals surface area contributed by atoms with Gasteiger partial charge in [0.25, 0.3) is 0 Å². The first-order chi connectivity index (χ1) is 7.62. The topological polar surface area (TPSA) is 32.3 Å². The molecule has 1 atom stereocenters. The number of rotatable bonds is 6. The molecule has 0 spiro atoms. The van der Waals surface area contributed by atoms with Crippen molar-refractivity contribution in [1.82, 2.24) is 5.32 Å². The molecule has 90 valence electrons. The van der Waals surface area contributed by atoms with Crippen LogP contribution in [0.2, 0.25) is 0 Å². The van der Waals surface area contributed by atoms with Gasteiger partial charge in [-0.2, -0.15) is 0 Å². The summed E-state index contributed by atoms with van der Waals surface area (Å²) in [5.74, 6) is 0. The molecule has 1 unspecified atom stereocenters. The second-order valence-corrected chi connectivity index (χ2v) is 4.98. The second-order valence-electron chi connectivity index (χ2n) is 4.07. The molecule has 2 N–H and O–H groups in total. The van der Waals surface area contributed by atoms with Gasteiger partial charge in [0, 0.05) is 11.0 Å². The van der Waals surface area contributed by atoms with Crippen LogP contribution in [0.5, 0.6) is 0 Å². The molecule has 0 radical (unpaired) electrons. The Kier molecular flexibility index (Phi) is 5.46. The number of hydrogen-bond donors (Lipinski definition) is 2. The third kappa shape index (κ3) is 3.58. The Morgan fingerprint density at radius 1 is 1.25 bits per heavy atom. The normalized spacial score (nSPS) is 14.8. The minimum atomic E-state index is -0.754. The van der Waals surface area contributed by atoms with Gasteiger partial charge in [0.05, 0.1) is 0 Å². The summed E-state index contributed by atoms with van der Waals surface area (Å²) in [4.78, 5) is 0. The van der Waals surface area contributed by atoms with Crippen molar-refractivity contribution in [2.24, 2.45) is 0 Å². The van der Waals surface area contributed by atoms with E-state index < -0.39 is 5.60 Å². The van der Waals surface area contributed by atoms with E-state index >= 15 is 0 Å². The van der Waals surface area contributed by atoms with E-state index in [0.29, 0.717) is 13.0 Å². The van der Waals surface area contributed by atoms with Crippen molar-refractivity contribution in [2.75, 3.05) is 13.1 Å². The molecule has 1 rings (SSSR count). The van der Waals surface area contributed by atoms with Crippen LogP contribution in [-0.4, -0.2) is 18.2 Å². The molecule has 0 aliphatic carbocycles. The minimum absolute atomic E-state index is 0.610. The van der Waals surface area contributed by atoms with E-state index in [1.54, 1.807) is 0 Å². The van der Waals surface area contributed by atoms with Crippen LogP contribution in [0, 0.1) is 0 Å². The molecule has 0 saturated heterocycles. The summed E-state index contributed by atoms with van der Waals surface area (Å²) in [5, 5.41) is 13.8. The van der Waals surface area contributed by atoms with E-state index in [2.05, 4.69) is 28.2 Å². The van der Waals surface area contributed by atoms with E-state index in [0.717, 1.165) is 23.0 Å². The van der Waals surface area contributed by atoms with Crippen LogP contribution in [0.3, 0.4) is 0 Å². The zero-order valence-electron chi connectivity index (χ0n) is 9.96. The average molecular weight is 286 g/mol. The lowest BCUT2D eigenvalue weighted by Crippen LogP contribution is -2.37. The van der Waals surface area contributed by atoms with Crippen molar-refractivity contribution in [2.45, 2.75) is 32.3 Å². The molecule has 1 aromatic rings. The number of benzene rings is 1. The summed E-state index contributed by atoms with van der Waals surface area (Å²) in [6, 6.07) is 7.88. The van der Waals surface area contributed by atoms with Gasteiger partial charge in [0.2, 0.25) is 0 Å². The van der Waals surface area contributed by atoms with Crippen molar-refractivity contribution in [3.05, 3.63) is 34.3 Å². The first-order valence-electron chi connectivity index (χ1n) is 5.81. The van der Waals surface area contributed by atoms with E-state index in [1.807, 2.05) is 31.2 Å². The maximum Gasteiger partial charge on any atom is 0.102 e. The van der Waals surface area contributed by atoms with Gasteiger partial charge in [-0.05, 0) is 37.1 Å². The van der Waals surface area contributed by atoms with Crippen LogP contribution in [0.25, 0.3) is 0 Å². The van der Waals surface area contributed by atoms with E-state index in [1.165, 1.54) is 0 Å². The maximum atomic E-state index is 10.5. The van der Waals surface area contributed by atoms with Gasteiger partial charge in [-0.1, -0.05) is 41.9 Å². The van der Waals surface area contributed by atoms with Crippen molar-refractivity contribution < 1.29 is 5.11 Å². The molecule has 0 aliphatic heterocycles. The van der Waals surface area contributed by atoms with Gasteiger partial charge in [0.15, 0.2) is 0 Å². The predicted octanol–water partition coefficient (Wildman–Crippen LogP) is 3.05. The van der Waals surface area contributed by atoms with Crippen LogP contribution >= 0.6 is 15.9 Å². The highest BCUT2D eigenvalue weighted by Crippen LogP contribution is 2.25. The van der Waals surface area contributed by atoms with Gasteiger partial charge < -0.3 is 10.4 Å². The zero-order chi connectivity index (χ0) is 12.0. The molecule has 2 nitrogen and oxygen atoms in total. The summed E-state index contributed by atoms with van der Waals surface area (Å²) in [7, 11) is 0. The van der Waals surface area contributed by atoms with Gasteiger partial charge in [-0.3, -0.25) is 0 Å². The number of nitrogens with one attached hydrogen (secondary N) is 1. The van der Waals surface area contributed by atoms with Gasteiger partial charge in [-0.25, -0.2) is 0 Å². The summed E-state index contributed by atoms with van der Waals surface area (Å²) in [6.45, 7) is 5.69. The lowest BCUT2D eigenvalue weighted by atomic mass is 9.91. The second kappa shape index (κ2) is 6.38. The molecule has 3 heteroatoms. The Morgan fingerprint density at radius 3 is 2.38 bits per heavy atom. The minimum Gasteiger partial charge on any atom is -0.384 e. The standard InChI is InChI=1S/C13H20BrNO/c1-3-9-15-10-13(16,4-2)11-5-7-12(14)8-6-11/h5-8,15-16H,3-4,9-10H2,1-2H3. The Labute approximate surface area is 106 Å². The highest BCUT2D eigenvalue weighted by Gasteiger charge is 2.26. The molecule has 16 heavy (non-hydrogen) atoms. The number of hydrogen-bond acceptors (Lipinski definition) is 2. The Morgan fingerprint density at radius 2 is 1.88 bits per heavy atom. The largest absolute Gasteiger partial charge is 0.384 e. The van der Waals surface area contributed by atoms with Crippen molar-refractivity contribution in [1.29, 1.82) is 0 Å². The molecule has 0 heterocycles. The predicted molar refractivity (Wildman–Crippen MR) is 71.5 cm³/mol. The first kappa shape index (κ1) is 13.7. The summed E-state index contributed by atoms with van der Waals surface area (Å²) in [6.07, 6.45) is 1.80. The summed E-state index contributed by atoms with van der Waals surface area (Å²) < 4.78 is 1.04. The molecule has 0 bridgehead atoms. The van der Waals surface area contributed by atoms with Crippen molar-refractivity contribution >= 4 is 15.9 Å². The Balaban J connectivity index is 2.74. The fourth-order valence-corrected chi connectivity index (χ4v) is 1.93. The zero-order valence-corrected chi connectivity index (χ0v) is 11.5. The Hall–Kier alpha value is -0.380. The summed E-state index contributed by atoms with van der Waals surface area (Å²) >= 11 is 3.40. The van der Waals surface area contributed by atoms with Crippen LogP contribution in [0.4, 0.5) is 0 Å². The average Bonchev–Trinajstić information content (AvgIpc) is 2.30. The van der Waals surface area contributed by atoms with Crippen LogP contribution in [-0.2, 0) is 5.60 Å². The molecule has 0 amide bonds. The molecular weight excluding hydrogens is 266 g/mol. The van der Waals surface area contributed by atoms with Crippen molar-refractivity contribution in [3.63, 3.8) is 0 Å². The third-order valence-electron chi connectivity index (χ3n) is 2.81. The summed E-state index contributed by atoms with van der Waals surface area (Å²) in [5.41, 5.74) is 0.220. The molecular formula is C13H20BrNO. The fraction of sp³-hybridized carbons (Fsp3) is 0.538. The molecule has 0 fully saturated rings. The molecule has 0 aliphatic rings. The highest BCUT2D eigenvalue weighted by atomic mass is 79.9.